The maximum Gasteiger partial charge on any atom is 0.205 e. The molecule has 30 heavy (non-hydrogen) atoms. The van der Waals surface area contributed by atoms with E-state index >= 15 is 0 Å². The van der Waals surface area contributed by atoms with Crippen LogP contribution in [0.1, 0.15) is 46.1 Å². The van der Waals surface area contributed by atoms with Gasteiger partial charge in [-0.05, 0) is 55.8 Å². The lowest BCUT2D eigenvalue weighted by molar-refractivity contribution is -0.113. The van der Waals surface area contributed by atoms with Crippen molar-refractivity contribution in [1.82, 2.24) is 0 Å². The van der Waals surface area contributed by atoms with Crippen LogP contribution in [-0.2, 0) is 4.79 Å². The molecule has 7 heteroatoms. The van der Waals surface area contributed by atoms with Gasteiger partial charge in [0.25, 0.3) is 0 Å². The van der Waals surface area contributed by atoms with Crippen molar-refractivity contribution in [2.75, 3.05) is 11.1 Å². The molecule has 0 radical (unpaired) electrons. The number of thiophene rings is 1. The molecule has 4 rings (SSSR count). The lowest BCUT2D eigenvalue weighted by atomic mass is 9.80. The summed E-state index contributed by atoms with van der Waals surface area (Å²) >= 11 is 7.29. The molecule has 0 spiro atoms. The van der Waals surface area contributed by atoms with Crippen molar-refractivity contribution in [3.05, 3.63) is 92.2 Å². The number of ketones is 2. The van der Waals surface area contributed by atoms with Gasteiger partial charge in [0.05, 0.1) is 10.7 Å². The summed E-state index contributed by atoms with van der Waals surface area (Å²) in [6.45, 7) is 3.35. The molecule has 0 saturated heterocycles. The number of nitrogens with one attached hydrogen (secondary N) is 1. The monoisotopic (exact) mass is 440 g/mol. The van der Waals surface area contributed by atoms with E-state index in [1.165, 1.54) is 42.5 Å². The van der Waals surface area contributed by atoms with Gasteiger partial charge in [0, 0.05) is 33.3 Å². The number of nitrogens with two attached hydrogens (primary N) is 1. The zero-order valence-corrected chi connectivity index (χ0v) is 17.8. The highest BCUT2D eigenvalue weighted by atomic mass is 35.5. The molecule has 3 aromatic rings. The summed E-state index contributed by atoms with van der Waals surface area (Å²) in [6.07, 6.45) is 0. The van der Waals surface area contributed by atoms with Crippen molar-refractivity contribution in [1.29, 1.82) is 0 Å². The number of fused-ring (bicyclic) bond motifs is 1. The zero-order chi connectivity index (χ0) is 21.6. The summed E-state index contributed by atoms with van der Waals surface area (Å²) in [5.41, 5.74) is 10.0. The Hall–Kier alpha value is -2.96. The van der Waals surface area contributed by atoms with E-state index in [0.717, 1.165) is 16.3 Å². The van der Waals surface area contributed by atoms with Gasteiger partial charge in [-0.15, -0.1) is 11.3 Å². The van der Waals surface area contributed by atoms with Gasteiger partial charge in [-0.3, -0.25) is 9.59 Å². The SMILES string of the molecule is CC(=O)C1=C(C)Nc2sc(C(=O)c3ccc(F)cc3)c(N)c2[C@@H]1c1ccc(Cl)cc1. The Balaban J connectivity index is 1.88. The standard InChI is InChI=1S/C23H18ClFN2O2S/c1-11-17(12(2)28)18(13-3-7-15(24)8-4-13)19-20(26)22(30-23(19)27-11)21(29)14-5-9-16(25)10-6-14/h3-10,18,27H,26H2,1-2H3/t18-/m1/s1. The number of anilines is 2. The van der Waals surface area contributed by atoms with Crippen LogP contribution in [0.25, 0.3) is 0 Å². The van der Waals surface area contributed by atoms with Crippen LogP contribution in [0.3, 0.4) is 0 Å². The van der Waals surface area contributed by atoms with Crippen LogP contribution in [0.4, 0.5) is 15.1 Å². The normalized spacial score (nSPS) is 15.5. The van der Waals surface area contributed by atoms with Crippen molar-refractivity contribution < 1.29 is 14.0 Å². The molecule has 1 aromatic heterocycles. The van der Waals surface area contributed by atoms with Gasteiger partial charge in [-0.25, -0.2) is 4.39 Å². The van der Waals surface area contributed by atoms with Gasteiger partial charge in [-0.1, -0.05) is 23.7 Å². The summed E-state index contributed by atoms with van der Waals surface area (Å²) in [6, 6.07) is 12.6. The number of nitrogen functional groups attached to an aromatic ring is 1. The predicted octanol–water partition coefficient (Wildman–Crippen LogP) is 5.77. The lowest BCUT2D eigenvalue weighted by Gasteiger charge is -2.28. The van der Waals surface area contributed by atoms with E-state index in [1.807, 2.05) is 19.1 Å². The molecule has 0 saturated carbocycles. The third-order valence-corrected chi connectivity index (χ3v) is 6.55. The summed E-state index contributed by atoms with van der Waals surface area (Å²) < 4.78 is 13.3. The molecule has 2 heterocycles. The van der Waals surface area contributed by atoms with E-state index in [4.69, 9.17) is 17.3 Å². The van der Waals surface area contributed by atoms with Crippen molar-refractivity contribution >= 4 is 45.2 Å². The van der Waals surface area contributed by atoms with E-state index < -0.39 is 11.7 Å². The Morgan fingerprint density at radius 2 is 1.73 bits per heavy atom. The average molecular weight is 441 g/mol. The van der Waals surface area contributed by atoms with E-state index in [0.29, 0.717) is 32.3 Å². The molecular weight excluding hydrogens is 423 g/mol. The highest BCUT2D eigenvalue weighted by Crippen LogP contribution is 2.50. The Morgan fingerprint density at radius 1 is 1.10 bits per heavy atom. The van der Waals surface area contributed by atoms with Gasteiger partial charge in [-0.2, -0.15) is 0 Å². The van der Waals surface area contributed by atoms with Gasteiger partial charge >= 0.3 is 0 Å². The minimum Gasteiger partial charge on any atom is -0.397 e. The van der Waals surface area contributed by atoms with E-state index in [2.05, 4.69) is 5.32 Å². The molecule has 1 aliphatic heterocycles. The number of carbonyl (C=O) groups is 2. The second kappa shape index (κ2) is 7.70. The first-order valence-electron chi connectivity index (χ1n) is 9.24. The number of hydrogen-bond acceptors (Lipinski definition) is 5. The topological polar surface area (TPSA) is 72.2 Å². The fraction of sp³-hybridized carbons (Fsp3) is 0.130. The quantitative estimate of drug-likeness (QED) is 0.505. The van der Waals surface area contributed by atoms with Crippen molar-refractivity contribution in [2.24, 2.45) is 0 Å². The molecule has 4 nitrogen and oxygen atoms in total. The molecule has 0 fully saturated rings. The van der Waals surface area contributed by atoms with E-state index in [9.17, 15) is 14.0 Å². The van der Waals surface area contributed by atoms with Crippen molar-refractivity contribution in [3.63, 3.8) is 0 Å². The molecule has 1 aliphatic rings. The second-order valence-corrected chi connectivity index (χ2v) is 8.59. The number of benzene rings is 2. The molecule has 2 aromatic carbocycles. The smallest absolute Gasteiger partial charge is 0.205 e. The van der Waals surface area contributed by atoms with Crippen molar-refractivity contribution in [3.8, 4) is 0 Å². The lowest BCUT2D eigenvalue weighted by Crippen LogP contribution is -2.21. The van der Waals surface area contributed by atoms with Gasteiger partial charge < -0.3 is 11.1 Å². The Bertz CT molecular complexity index is 1200. The molecule has 0 bridgehead atoms. The number of carbonyl (C=O) groups excluding carboxylic acids is 2. The van der Waals surface area contributed by atoms with Crippen LogP contribution >= 0.6 is 22.9 Å². The van der Waals surface area contributed by atoms with Gasteiger partial charge in [0.1, 0.15) is 10.7 Å². The fourth-order valence-corrected chi connectivity index (χ4v) is 5.09. The first kappa shape index (κ1) is 20.3. The third kappa shape index (κ3) is 3.42. The first-order chi connectivity index (χ1) is 14.3. The largest absolute Gasteiger partial charge is 0.397 e. The maximum absolute atomic E-state index is 13.3. The van der Waals surface area contributed by atoms with Crippen LogP contribution < -0.4 is 11.1 Å². The van der Waals surface area contributed by atoms with Crippen LogP contribution in [0, 0.1) is 5.82 Å². The van der Waals surface area contributed by atoms with Crippen LogP contribution in [0.15, 0.2) is 59.8 Å². The summed E-state index contributed by atoms with van der Waals surface area (Å²) in [4.78, 5) is 25.9. The number of allylic oxidation sites excluding steroid dienone is 2. The summed E-state index contributed by atoms with van der Waals surface area (Å²) in [7, 11) is 0. The molecule has 152 valence electrons. The average Bonchev–Trinajstić information content (AvgIpc) is 3.03. The maximum atomic E-state index is 13.3. The molecule has 3 N–H and O–H groups in total. The molecule has 1 atom stereocenters. The second-order valence-electron chi connectivity index (χ2n) is 7.13. The summed E-state index contributed by atoms with van der Waals surface area (Å²) in [5, 5.41) is 4.55. The highest BCUT2D eigenvalue weighted by molar-refractivity contribution is 7.19. The molecule has 0 amide bonds. The number of halogens is 2. The van der Waals surface area contributed by atoms with Crippen LogP contribution in [0.2, 0.25) is 5.02 Å². The Labute approximate surface area is 182 Å². The van der Waals surface area contributed by atoms with Crippen LogP contribution in [-0.4, -0.2) is 11.6 Å². The summed E-state index contributed by atoms with van der Waals surface area (Å²) in [5.74, 6) is -1.20. The van der Waals surface area contributed by atoms with E-state index in [1.54, 1.807) is 12.1 Å². The first-order valence-corrected chi connectivity index (χ1v) is 10.4. The number of rotatable bonds is 4. The highest BCUT2D eigenvalue weighted by Gasteiger charge is 2.36. The third-order valence-electron chi connectivity index (χ3n) is 5.16. The van der Waals surface area contributed by atoms with Crippen LogP contribution in [0.5, 0.6) is 0 Å². The number of hydrogen-bond donors (Lipinski definition) is 2. The minimum atomic E-state index is -0.416. The zero-order valence-electron chi connectivity index (χ0n) is 16.3. The minimum absolute atomic E-state index is 0.0809. The number of Topliss-reactive ketones (excluding diaryl/α,β-unsaturated/α-hetero) is 1. The Morgan fingerprint density at radius 3 is 2.33 bits per heavy atom. The van der Waals surface area contributed by atoms with Crippen molar-refractivity contribution in [2.45, 2.75) is 19.8 Å². The molecule has 0 aliphatic carbocycles. The fourth-order valence-electron chi connectivity index (χ4n) is 3.79. The molecule has 0 unspecified atom stereocenters. The predicted molar refractivity (Wildman–Crippen MR) is 119 cm³/mol. The van der Waals surface area contributed by atoms with E-state index in [-0.39, 0.29) is 11.6 Å². The molecular formula is C23H18ClFN2O2S. The Kier molecular flexibility index (Phi) is 5.22. The van der Waals surface area contributed by atoms with Gasteiger partial charge in [0.2, 0.25) is 5.78 Å². The van der Waals surface area contributed by atoms with Gasteiger partial charge in [0.15, 0.2) is 5.78 Å².